The maximum atomic E-state index is 17.0. The van der Waals surface area contributed by atoms with Crippen LogP contribution in [-0.2, 0) is 19.1 Å². The molecule has 0 aliphatic carbocycles. The number of hydrogen-bond donors (Lipinski definition) is 4. The molecule has 5 aromatic rings. The Morgan fingerprint density at radius 1 is 0.768 bits per heavy atom. The summed E-state index contributed by atoms with van der Waals surface area (Å²) >= 11 is 1.81. The summed E-state index contributed by atoms with van der Waals surface area (Å²) in [5.74, 6) is 0.505. The number of carbonyl (C=O) groups excluding carboxylic acids is 4. The molecule has 2 aromatic carbocycles. The van der Waals surface area contributed by atoms with Gasteiger partial charge < -0.3 is 49.5 Å². The van der Waals surface area contributed by atoms with Crippen LogP contribution in [0.1, 0.15) is 103 Å². The smallest absolute Gasteiger partial charge is 0.407 e. The number of nitrogens with one attached hydrogen (secondary N) is 4. The average Bonchev–Trinajstić information content (AvgIpc) is 4.21. The second kappa shape index (κ2) is 18.8. The lowest BCUT2D eigenvalue weighted by molar-refractivity contribution is -0.136. The number of methoxy groups -OCH3 is 2. The first kappa shape index (κ1) is 46.2. The third kappa shape index (κ3) is 8.56. The first-order valence-corrected chi connectivity index (χ1v) is 24.9. The number of ether oxygens (including phenoxy) is 3. The minimum absolute atomic E-state index is 0.149. The molecule has 4 amide bonds. The van der Waals surface area contributed by atoms with Crippen LogP contribution in [0.2, 0.25) is 0 Å². The van der Waals surface area contributed by atoms with Gasteiger partial charge in [-0.15, -0.1) is 0 Å². The summed E-state index contributed by atoms with van der Waals surface area (Å²) in [6, 6.07) is 9.40. The van der Waals surface area contributed by atoms with Crippen molar-refractivity contribution >= 4 is 46.7 Å². The fourth-order valence-corrected chi connectivity index (χ4v) is 12.0. The Morgan fingerprint density at radius 3 is 1.96 bits per heavy atom. The summed E-state index contributed by atoms with van der Waals surface area (Å²) in [6.07, 6.45) is 10.1. The van der Waals surface area contributed by atoms with E-state index in [-0.39, 0.29) is 35.7 Å². The van der Waals surface area contributed by atoms with Crippen LogP contribution in [0.5, 0.6) is 5.75 Å². The molecule has 2 unspecified atom stereocenters. The number of amides is 4. The number of rotatable bonds is 11. The van der Waals surface area contributed by atoms with Gasteiger partial charge >= 0.3 is 12.2 Å². The van der Waals surface area contributed by atoms with Gasteiger partial charge in [0.25, 0.3) is 0 Å². The van der Waals surface area contributed by atoms with Gasteiger partial charge in [-0.05, 0) is 87.1 Å². The highest BCUT2D eigenvalue weighted by Crippen LogP contribution is 2.52. The standard InChI is InChI=1S/C50H59FN10O7S/c1-26(2)42(56-49(64)66-5)46(62)59-17-9-11-35(59)44-52-23-32(54-44)28-14-15-34-30(19-28)21-37-41-31(51)20-29(22-38(41)68-48(61(34)37)39-25-58-16-8-7-13-40(58)69-39)33-24-53-45(55-33)36-12-10-18-60(36)47(63)43(27(3)4)57-50(65)67-6/h14-15,19-27,35-36,40,42-43,48H,7-13,16-18H2,1-6H3,(H,52,54)(H,53,55)(H,56,64)(H,57,65)/t35-,36-,40?,42-,43-,48?/m0/s1. The normalized spacial score (nSPS) is 21.7. The molecule has 3 saturated heterocycles. The Bertz CT molecular complexity index is 2840. The molecular weight excluding hydrogens is 904 g/mol. The Kier molecular flexibility index (Phi) is 12.6. The van der Waals surface area contributed by atoms with Crippen molar-refractivity contribution in [3.63, 3.8) is 0 Å². The number of alkyl carbamates (subject to hydrolysis) is 2. The Balaban J connectivity index is 0.966. The van der Waals surface area contributed by atoms with Gasteiger partial charge in [-0.1, -0.05) is 45.5 Å². The number of hydrogen-bond acceptors (Lipinski definition) is 11. The second-order valence-corrected chi connectivity index (χ2v) is 20.5. The van der Waals surface area contributed by atoms with Crippen LogP contribution >= 0.6 is 11.8 Å². The monoisotopic (exact) mass is 962 g/mol. The predicted molar refractivity (Wildman–Crippen MR) is 258 cm³/mol. The molecule has 3 aromatic heterocycles. The molecule has 19 heteroatoms. The van der Waals surface area contributed by atoms with Gasteiger partial charge in [-0.25, -0.2) is 23.9 Å². The number of aromatic nitrogens is 5. The first-order valence-electron chi connectivity index (χ1n) is 24.0. The molecule has 5 aliphatic heterocycles. The number of likely N-dealkylation sites (tertiary alicyclic amines) is 2. The van der Waals surface area contributed by atoms with E-state index in [9.17, 15) is 19.2 Å². The molecule has 10 rings (SSSR count). The topological polar surface area (TPSA) is 192 Å². The quantitative estimate of drug-likeness (QED) is 0.0991. The van der Waals surface area contributed by atoms with Crippen LogP contribution in [0.25, 0.3) is 44.7 Å². The molecule has 17 nitrogen and oxygen atoms in total. The van der Waals surface area contributed by atoms with Crippen LogP contribution in [-0.4, -0.2) is 115 Å². The lowest BCUT2D eigenvalue weighted by Gasteiger charge is -2.31. The molecule has 0 bridgehead atoms. The van der Waals surface area contributed by atoms with Crippen molar-refractivity contribution in [2.45, 2.75) is 108 Å². The average molecular weight is 963 g/mol. The fourth-order valence-electron chi connectivity index (χ4n) is 10.6. The Hall–Kier alpha value is -6.50. The number of thioether (sulfide) groups is 1. The fraction of sp³-hybridized carbons (Fsp3) is 0.480. The van der Waals surface area contributed by atoms with Crippen LogP contribution in [0, 0.1) is 17.7 Å². The lowest BCUT2D eigenvalue weighted by atomic mass is 10.0. The largest absolute Gasteiger partial charge is 0.464 e. The summed E-state index contributed by atoms with van der Waals surface area (Å²) in [7, 11) is 2.55. The predicted octanol–water partition coefficient (Wildman–Crippen LogP) is 8.61. The van der Waals surface area contributed by atoms with Gasteiger partial charge in [0.05, 0.1) is 77.1 Å². The van der Waals surface area contributed by atoms with E-state index in [1.165, 1.54) is 20.3 Å². The summed E-state index contributed by atoms with van der Waals surface area (Å²) in [5, 5.41) is 6.62. The number of carbonyl (C=O) groups is 4. The van der Waals surface area contributed by atoms with Crippen molar-refractivity contribution in [2.75, 3.05) is 33.9 Å². The summed E-state index contributed by atoms with van der Waals surface area (Å²) in [4.78, 5) is 75.3. The molecule has 6 atom stereocenters. The molecule has 3 fully saturated rings. The SMILES string of the molecule is COC(=O)N[C@H](C(=O)N1CCC[C@H]1c1ncc(-c2cc(F)c3c(c2)OC(C2=CN4CCCCC4S2)n2c-3cc3cc(-c4cnc([C@@H]5CCCN5C(=O)[C@@H](NC(=O)OC)C(C)C)[nH]4)ccc32)[nH]1)C(C)C. The number of halogens is 1. The van der Waals surface area contributed by atoms with Crippen LogP contribution in [0.3, 0.4) is 0 Å². The number of nitrogens with zero attached hydrogens (tertiary/aromatic N) is 6. The van der Waals surface area contributed by atoms with E-state index in [0.717, 1.165) is 72.1 Å². The van der Waals surface area contributed by atoms with Crippen molar-refractivity contribution in [3.05, 3.63) is 77.4 Å². The van der Waals surface area contributed by atoms with Gasteiger partial charge in [0.1, 0.15) is 35.3 Å². The van der Waals surface area contributed by atoms with Gasteiger partial charge in [-0.2, -0.15) is 0 Å². The number of imidazole rings is 2. The van der Waals surface area contributed by atoms with Crippen molar-refractivity contribution in [2.24, 2.45) is 11.8 Å². The van der Waals surface area contributed by atoms with Gasteiger partial charge in [0.15, 0.2) is 0 Å². The maximum absolute atomic E-state index is 17.0. The van der Waals surface area contributed by atoms with Gasteiger partial charge in [-0.3, -0.25) is 14.2 Å². The molecule has 5 aliphatic rings. The molecular formula is C50H59FN10O7S. The highest BCUT2D eigenvalue weighted by Gasteiger charge is 2.41. The van der Waals surface area contributed by atoms with E-state index in [4.69, 9.17) is 24.2 Å². The van der Waals surface area contributed by atoms with Crippen molar-refractivity contribution in [1.29, 1.82) is 0 Å². The third-order valence-corrected chi connectivity index (χ3v) is 15.6. The minimum atomic E-state index is -0.767. The van der Waals surface area contributed by atoms with E-state index < -0.39 is 36.3 Å². The zero-order valence-electron chi connectivity index (χ0n) is 39.7. The number of aromatic amines is 2. The first-order chi connectivity index (χ1) is 33.3. The number of piperidine rings is 1. The number of H-pyrrole nitrogens is 2. The van der Waals surface area contributed by atoms with E-state index in [0.29, 0.717) is 64.8 Å². The van der Waals surface area contributed by atoms with E-state index in [1.807, 2.05) is 63.7 Å². The Morgan fingerprint density at radius 2 is 1.38 bits per heavy atom. The van der Waals surface area contributed by atoms with Crippen LogP contribution in [0.4, 0.5) is 14.0 Å². The Labute approximate surface area is 403 Å². The minimum Gasteiger partial charge on any atom is -0.464 e. The summed E-state index contributed by atoms with van der Waals surface area (Å²) in [6.45, 7) is 9.57. The molecule has 0 saturated carbocycles. The highest BCUT2D eigenvalue weighted by molar-refractivity contribution is 8.03. The van der Waals surface area contributed by atoms with Crippen molar-refractivity contribution in [1.82, 2.24) is 49.8 Å². The third-order valence-electron chi connectivity index (χ3n) is 14.2. The number of benzene rings is 2. The molecule has 0 radical (unpaired) electrons. The van der Waals surface area contributed by atoms with E-state index in [1.54, 1.807) is 22.2 Å². The molecule has 364 valence electrons. The lowest BCUT2D eigenvalue weighted by Crippen LogP contribution is -2.51. The van der Waals surface area contributed by atoms with Gasteiger partial charge in [0.2, 0.25) is 18.0 Å². The zero-order valence-corrected chi connectivity index (χ0v) is 40.5. The maximum Gasteiger partial charge on any atom is 0.407 e. The van der Waals surface area contributed by atoms with E-state index in [2.05, 4.69) is 42.3 Å². The highest BCUT2D eigenvalue weighted by atomic mass is 32.2. The molecule has 8 heterocycles. The summed E-state index contributed by atoms with van der Waals surface area (Å²) < 4.78 is 35.7. The molecule has 69 heavy (non-hydrogen) atoms. The zero-order chi connectivity index (χ0) is 48.2. The second-order valence-electron chi connectivity index (χ2n) is 19.3. The van der Waals surface area contributed by atoms with Crippen molar-refractivity contribution in [3.8, 4) is 39.5 Å². The van der Waals surface area contributed by atoms with Crippen molar-refractivity contribution < 1.29 is 37.8 Å². The molecule has 0 spiro atoms. The van der Waals surface area contributed by atoms with E-state index >= 15 is 4.39 Å². The summed E-state index contributed by atoms with van der Waals surface area (Å²) in [5.41, 5.74) is 4.74. The van der Waals surface area contributed by atoms with Crippen LogP contribution < -0.4 is 15.4 Å². The number of fused-ring (bicyclic) bond motifs is 6. The molecule has 4 N–H and O–H groups in total. The van der Waals surface area contributed by atoms with Crippen LogP contribution in [0.15, 0.2) is 59.9 Å². The van der Waals surface area contributed by atoms with Gasteiger partial charge in [0, 0.05) is 42.3 Å².